The van der Waals surface area contributed by atoms with Crippen LogP contribution in [0.1, 0.15) is 75.5 Å². The summed E-state index contributed by atoms with van der Waals surface area (Å²) in [5.74, 6) is 2.41. The number of carbonyl (C=O) groups is 1. The molecule has 6 nitrogen and oxygen atoms in total. The Hall–Kier alpha value is -2.28. The Morgan fingerprint density at radius 1 is 1.15 bits per heavy atom. The van der Waals surface area contributed by atoms with Crippen molar-refractivity contribution in [1.82, 2.24) is 10.2 Å². The van der Waals surface area contributed by atoms with Gasteiger partial charge in [0.05, 0.1) is 12.0 Å². The highest BCUT2D eigenvalue weighted by Gasteiger charge is 2.55. The molecular formula is C34H47ClN2O4. The SMILES string of the molecule is Cc1cc(CC(=O)NCC(C)C)ccc1Cl.Oc1ccc2cc1O[C@H]1CCCC3(O)C1CCN(CC1CC1)[C@@H]3CC2. The number of likely N-dealkylation sites (tertiary alicyclic amines) is 1. The van der Waals surface area contributed by atoms with E-state index in [1.807, 2.05) is 37.3 Å². The van der Waals surface area contributed by atoms with E-state index in [0.717, 1.165) is 80.2 Å². The number of nitrogens with one attached hydrogen (secondary N) is 1. The van der Waals surface area contributed by atoms with Gasteiger partial charge in [-0.05, 0) is 112 Å². The van der Waals surface area contributed by atoms with Crippen LogP contribution in [0, 0.1) is 24.7 Å². The van der Waals surface area contributed by atoms with Gasteiger partial charge in [0.1, 0.15) is 6.10 Å². The van der Waals surface area contributed by atoms with Gasteiger partial charge in [-0.3, -0.25) is 9.69 Å². The highest BCUT2D eigenvalue weighted by Crippen LogP contribution is 2.48. The molecule has 7 heteroatoms. The van der Waals surface area contributed by atoms with Crippen LogP contribution in [0.2, 0.25) is 5.02 Å². The third-order valence-corrected chi connectivity index (χ3v) is 9.82. The molecule has 2 aromatic carbocycles. The molecule has 6 rings (SSSR count). The Morgan fingerprint density at radius 2 is 1.95 bits per heavy atom. The van der Waals surface area contributed by atoms with E-state index >= 15 is 0 Å². The third-order valence-electron chi connectivity index (χ3n) is 9.40. The number of hydrogen-bond donors (Lipinski definition) is 3. The molecule has 2 aliphatic heterocycles. The van der Waals surface area contributed by atoms with Crippen LogP contribution in [0.5, 0.6) is 11.5 Å². The first-order chi connectivity index (χ1) is 19.6. The number of hydrogen-bond acceptors (Lipinski definition) is 5. The summed E-state index contributed by atoms with van der Waals surface area (Å²) in [4.78, 5) is 14.2. The summed E-state index contributed by atoms with van der Waals surface area (Å²) in [7, 11) is 0. The molecule has 4 atom stereocenters. The van der Waals surface area contributed by atoms with Crippen molar-refractivity contribution in [3.05, 3.63) is 58.1 Å². The zero-order valence-electron chi connectivity index (χ0n) is 24.9. The monoisotopic (exact) mass is 582 g/mol. The molecule has 3 fully saturated rings. The number of nitrogens with zero attached hydrogens (tertiary/aromatic N) is 1. The molecule has 41 heavy (non-hydrogen) atoms. The summed E-state index contributed by atoms with van der Waals surface area (Å²) in [5.41, 5.74) is 2.58. The minimum atomic E-state index is -0.637. The topological polar surface area (TPSA) is 82.0 Å². The van der Waals surface area contributed by atoms with Crippen LogP contribution in [-0.2, 0) is 17.6 Å². The molecule has 2 heterocycles. The Kier molecular flexibility index (Phi) is 9.52. The number of aryl methyl sites for hydroxylation is 2. The van der Waals surface area contributed by atoms with E-state index in [0.29, 0.717) is 18.1 Å². The maximum Gasteiger partial charge on any atom is 0.224 e. The Morgan fingerprint density at radius 3 is 2.68 bits per heavy atom. The van der Waals surface area contributed by atoms with E-state index in [9.17, 15) is 15.0 Å². The number of rotatable bonds is 6. The highest BCUT2D eigenvalue weighted by atomic mass is 35.5. The predicted octanol–water partition coefficient (Wildman–Crippen LogP) is 6.06. The van der Waals surface area contributed by atoms with Crippen LogP contribution in [-0.4, -0.2) is 58.4 Å². The lowest BCUT2D eigenvalue weighted by molar-refractivity contribution is -0.172. The van der Waals surface area contributed by atoms with E-state index in [4.69, 9.17) is 16.3 Å². The van der Waals surface area contributed by atoms with Crippen molar-refractivity contribution in [1.29, 1.82) is 0 Å². The molecule has 3 N–H and O–H groups in total. The molecule has 2 saturated carbocycles. The van der Waals surface area contributed by atoms with Crippen LogP contribution < -0.4 is 10.1 Å². The lowest BCUT2D eigenvalue weighted by Gasteiger charge is -2.56. The van der Waals surface area contributed by atoms with E-state index in [1.54, 1.807) is 6.07 Å². The standard InChI is InChI=1S/C21H29NO3.C13H18ClNO/c23-17-7-5-14-6-8-20-21(24)10-1-2-18(25-19(17)12-14)16(21)9-11-22(20)13-15-3-4-15;1-9(2)8-15-13(16)7-11-4-5-12(14)10(3)6-11/h5,7,12,15-16,18,20,23-24H,1-4,6,8-11,13H2;4-6,9H,7-8H2,1-3H3,(H,15,16)/t16?,18-,20+,21?;/m0./s1. The lowest BCUT2D eigenvalue weighted by Crippen LogP contribution is -2.66. The van der Waals surface area contributed by atoms with Gasteiger partial charge in [-0.1, -0.05) is 43.6 Å². The number of phenols is 1. The van der Waals surface area contributed by atoms with Crippen molar-refractivity contribution in [3.63, 3.8) is 0 Å². The number of phenolic OH excluding ortho intramolecular Hbond substituents is 1. The maximum absolute atomic E-state index is 11.8. The van der Waals surface area contributed by atoms with E-state index < -0.39 is 5.60 Å². The molecule has 6 bridgehead atoms. The van der Waals surface area contributed by atoms with Gasteiger partial charge in [0, 0.05) is 30.1 Å². The number of aliphatic hydroxyl groups is 1. The third kappa shape index (κ3) is 7.39. The van der Waals surface area contributed by atoms with Crippen LogP contribution >= 0.6 is 11.6 Å². The van der Waals surface area contributed by atoms with Gasteiger partial charge in [0.2, 0.25) is 5.91 Å². The zero-order valence-corrected chi connectivity index (χ0v) is 25.6. The number of benzene rings is 2. The lowest BCUT2D eigenvalue weighted by atomic mass is 9.64. The van der Waals surface area contributed by atoms with Crippen molar-refractivity contribution in [2.75, 3.05) is 19.6 Å². The number of amides is 1. The van der Waals surface area contributed by atoms with Crippen molar-refractivity contribution >= 4 is 17.5 Å². The molecular weight excluding hydrogens is 536 g/mol. The molecule has 0 spiro atoms. The van der Waals surface area contributed by atoms with Crippen molar-refractivity contribution in [3.8, 4) is 11.5 Å². The van der Waals surface area contributed by atoms with Gasteiger partial charge in [-0.2, -0.15) is 0 Å². The van der Waals surface area contributed by atoms with E-state index in [1.165, 1.54) is 18.4 Å². The molecule has 2 unspecified atom stereocenters. The van der Waals surface area contributed by atoms with E-state index in [-0.39, 0.29) is 29.7 Å². The fourth-order valence-corrected chi connectivity index (χ4v) is 7.12. The summed E-state index contributed by atoms with van der Waals surface area (Å²) in [6.45, 7) is 9.06. The molecule has 2 aromatic rings. The average Bonchev–Trinajstić information content (AvgIpc) is 3.74. The molecule has 4 aliphatic rings. The normalized spacial score (nSPS) is 27.3. The summed E-state index contributed by atoms with van der Waals surface area (Å²) in [6.07, 6.45) is 8.97. The average molecular weight is 583 g/mol. The van der Waals surface area contributed by atoms with Gasteiger partial charge < -0.3 is 20.3 Å². The van der Waals surface area contributed by atoms with Crippen molar-refractivity contribution in [2.24, 2.45) is 17.8 Å². The second kappa shape index (κ2) is 12.9. The molecule has 0 radical (unpaired) electrons. The zero-order chi connectivity index (χ0) is 29.1. The summed E-state index contributed by atoms with van der Waals surface area (Å²) >= 11 is 5.92. The number of ether oxygens (including phenoxy) is 1. The summed E-state index contributed by atoms with van der Waals surface area (Å²) in [5, 5.41) is 25.6. The maximum atomic E-state index is 11.8. The molecule has 1 amide bonds. The first kappa shape index (κ1) is 30.2. The smallest absolute Gasteiger partial charge is 0.224 e. The van der Waals surface area contributed by atoms with E-state index in [2.05, 4.69) is 24.1 Å². The van der Waals surface area contributed by atoms with Crippen LogP contribution in [0.15, 0.2) is 36.4 Å². The largest absolute Gasteiger partial charge is 0.504 e. The fraction of sp³-hybridized carbons (Fsp3) is 0.618. The minimum absolute atomic E-state index is 0.0172. The highest BCUT2D eigenvalue weighted by molar-refractivity contribution is 6.31. The summed E-state index contributed by atoms with van der Waals surface area (Å²) < 4.78 is 6.28. The molecule has 224 valence electrons. The second-order valence-electron chi connectivity index (χ2n) is 13.2. The van der Waals surface area contributed by atoms with Crippen molar-refractivity contribution in [2.45, 2.75) is 96.3 Å². The second-order valence-corrected chi connectivity index (χ2v) is 13.6. The Bertz CT molecular complexity index is 1220. The number of piperidine rings is 1. The minimum Gasteiger partial charge on any atom is -0.504 e. The number of carbonyl (C=O) groups excluding carboxylic acids is 1. The fourth-order valence-electron chi connectivity index (χ4n) is 7.00. The molecule has 2 aliphatic carbocycles. The number of fused-ring (bicyclic) bond motifs is 2. The number of halogens is 1. The van der Waals surface area contributed by atoms with Gasteiger partial charge in [-0.15, -0.1) is 0 Å². The molecule has 0 aromatic heterocycles. The van der Waals surface area contributed by atoms with Crippen LogP contribution in [0.4, 0.5) is 0 Å². The van der Waals surface area contributed by atoms with Crippen molar-refractivity contribution < 1.29 is 19.7 Å². The van der Waals surface area contributed by atoms with Gasteiger partial charge >= 0.3 is 0 Å². The van der Waals surface area contributed by atoms with Crippen LogP contribution in [0.25, 0.3) is 0 Å². The first-order valence-electron chi connectivity index (χ1n) is 15.6. The van der Waals surface area contributed by atoms with Gasteiger partial charge in [-0.25, -0.2) is 0 Å². The molecule has 1 saturated heterocycles. The number of aromatic hydroxyl groups is 1. The first-order valence-corrected chi connectivity index (χ1v) is 16.0. The summed E-state index contributed by atoms with van der Waals surface area (Å²) in [6, 6.07) is 11.7. The Balaban J connectivity index is 0.000000184. The Labute approximate surface area is 250 Å². The predicted molar refractivity (Wildman–Crippen MR) is 164 cm³/mol. The quantitative estimate of drug-likeness (QED) is 0.385. The van der Waals surface area contributed by atoms with Gasteiger partial charge in [0.15, 0.2) is 11.5 Å². The van der Waals surface area contributed by atoms with Gasteiger partial charge in [0.25, 0.3) is 0 Å². The van der Waals surface area contributed by atoms with Crippen LogP contribution in [0.3, 0.4) is 0 Å².